The van der Waals surface area contributed by atoms with Gasteiger partial charge in [0.05, 0.1) is 5.56 Å². The summed E-state index contributed by atoms with van der Waals surface area (Å²) in [6.07, 6.45) is 0. The predicted molar refractivity (Wildman–Crippen MR) is 85.1 cm³/mol. The highest BCUT2D eigenvalue weighted by Crippen LogP contribution is 2.18. The molecule has 0 unspecified atom stereocenters. The third kappa shape index (κ3) is 3.82. The van der Waals surface area contributed by atoms with Gasteiger partial charge in [0, 0.05) is 18.8 Å². The van der Waals surface area contributed by atoms with Crippen LogP contribution < -0.4 is 10.2 Å². The van der Waals surface area contributed by atoms with Crippen molar-refractivity contribution in [3.63, 3.8) is 0 Å². The summed E-state index contributed by atoms with van der Waals surface area (Å²) in [5, 5.41) is 12.0. The summed E-state index contributed by atoms with van der Waals surface area (Å²) >= 11 is 5.93. The first-order valence-corrected chi connectivity index (χ1v) is 7.18. The minimum Gasteiger partial charge on any atom is -0.478 e. The molecular formula is C14H16ClN5O2. The fourth-order valence-electron chi connectivity index (χ4n) is 1.87. The predicted octanol–water partition coefficient (Wildman–Crippen LogP) is 2.81. The molecule has 0 spiro atoms. The second kappa shape index (κ2) is 7.04. The van der Waals surface area contributed by atoms with Crippen LogP contribution in [0.5, 0.6) is 0 Å². The zero-order chi connectivity index (χ0) is 16.1. The number of aromatic carboxylic acids is 1. The highest BCUT2D eigenvalue weighted by Gasteiger charge is 2.10. The van der Waals surface area contributed by atoms with Crippen molar-refractivity contribution in [3.05, 3.63) is 35.1 Å². The third-order valence-corrected chi connectivity index (χ3v) is 3.20. The van der Waals surface area contributed by atoms with E-state index in [4.69, 9.17) is 16.7 Å². The SMILES string of the molecule is CCN(CC)c1nc(Cl)nc(Nc2ccc(C(=O)O)cc2)n1. The van der Waals surface area contributed by atoms with Crippen LogP contribution in [0.3, 0.4) is 0 Å². The number of hydrogen-bond acceptors (Lipinski definition) is 6. The number of carbonyl (C=O) groups is 1. The maximum Gasteiger partial charge on any atom is 0.335 e. The number of rotatable bonds is 6. The van der Waals surface area contributed by atoms with Gasteiger partial charge in [0.15, 0.2) is 0 Å². The number of nitrogens with one attached hydrogen (secondary N) is 1. The molecule has 7 nitrogen and oxygen atoms in total. The molecule has 0 aliphatic heterocycles. The number of carboxylic acids is 1. The van der Waals surface area contributed by atoms with E-state index in [1.54, 1.807) is 12.1 Å². The van der Waals surface area contributed by atoms with Gasteiger partial charge in [-0.25, -0.2) is 4.79 Å². The molecule has 1 aromatic heterocycles. The second-order valence-corrected chi connectivity index (χ2v) is 4.75. The lowest BCUT2D eigenvalue weighted by molar-refractivity contribution is 0.0697. The monoisotopic (exact) mass is 321 g/mol. The van der Waals surface area contributed by atoms with Gasteiger partial charge in [0.25, 0.3) is 0 Å². The minimum atomic E-state index is -0.974. The summed E-state index contributed by atoms with van der Waals surface area (Å²) < 4.78 is 0. The maximum atomic E-state index is 10.8. The number of anilines is 3. The summed E-state index contributed by atoms with van der Waals surface area (Å²) in [4.78, 5) is 25.2. The number of benzene rings is 1. The van der Waals surface area contributed by atoms with E-state index in [2.05, 4.69) is 20.3 Å². The molecule has 2 rings (SSSR count). The van der Waals surface area contributed by atoms with E-state index >= 15 is 0 Å². The largest absolute Gasteiger partial charge is 0.478 e. The van der Waals surface area contributed by atoms with E-state index in [0.717, 1.165) is 13.1 Å². The lowest BCUT2D eigenvalue weighted by atomic mass is 10.2. The molecule has 0 fully saturated rings. The molecule has 2 aromatic rings. The zero-order valence-corrected chi connectivity index (χ0v) is 13.0. The van der Waals surface area contributed by atoms with E-state index in [-0.39, 0.29) is 10.8 Å². The van der Waals surface area contributed by atoms with Crippen molar-refractivity contribution in [2.24, 2.45) is 0 Å². The third-order valence-electron chi connectivity index (χ3n) is 3.03. The standard InChI is InChI=1S/C14H16ClN5O2/c1-3-20(4-2)14-18-12(15)17-13(19-14)16-10-7-5-9(6-8-10)11(21)22/h5-8H,3-4H2,1-2H3,(H,21,22)(H,16,17,18,19). The fourth-order valence-corrected chi connectivity index (χ4v) is 2.02. The number of nitrogens with zero attached hydrogens (tertiary/aromatic N) is 4. The fraction of sp³-hybridized carbons (Fsp3) is 0.286. The van der Waals surface area contributed by atoms with Crippen molar-refractivity contribution in [2.75, 3.05) is 23.3 Å². The summed E-state index contributed by atoms with van der Waals surface area (Å²) in [5.41, 5.74) is 0.876. The Morgan fingerprint density at radius 2 is 1.82 bits per heavy atom. The van der Waals surface area contributed by atoms with Crippen LogP contribution in [0.25, 0.3) is 0 Å². The number of hydrogen-bond donors (Lipinski definition) is 2. The quantitative estimate of drug-likeness (QED) is 0.845. The summed E-state index contributed by atoms with van der Waals surface area (Å²) in [6, 6.07) is 6.27. The van der Waals surface area contributed by atoms with Gasteiger partial charge in [0.1, 0.15) is 0 Å². The van der Waals surface area contributed by atoms with Crippen LogP contribution in [-0.2, 0) is 0 Å². The average molecular weight is 322 g/mol. The number of carboxylic acid groups (broad SMARTS) is 1. The molecule has 0 amide bonds. The van der Waals surface area contributed by atoms with Gasteiger partial charge in [-0.3, -0.25) is 0 Å². The Labute approximate surface area is 133 Å². The molecule has 0 bridgehead atoms. The molecule has 2 N–H and O–H groups in total. The Bertz CT molecular complexity index is 659. The molecule has 0 aliphatic carbocycles. The van der Waals surface area contributed by atoms with Crippen LogP contribution in [-0.4, -0.2) is 39.1 Å². The van der Waals surface area contributed by atoms with E-state index < -0.39 is 5.97 Å². The highest BCUT2D eigenvalue weighted by atomic mass is 35.5. The average Bonchev–Trinajstić information content (AvgIpc) is 2.48. The minimum absolute atomic E-state index is 0.0987. The lowest BCUT2D eigenvalue weighted by Crippen LogP contribution is -2.24. The van der Waals surface area contributed by atoms with E-state index in [9.17, 15) is 4.79 Å². The first-order valence-electron chi connectivity index (χ1n) is 6.80. The van der Waals surface area contributed by atoms with Crippen LogP contribution in [0.4, 0.5) is 17.6 Å². The molecule has 1 heterocycles. The van der Waals surface area contributed by atoms with Crippen molar-refractivity contribution in [2.45, 2.75) is 13.8 Å². The van der Waals surface area contributed by atoms with Crippen molar-refractivity contribution < 1.29 is 9.90 Å². The Morgan fingerprint density at radius 3 is 2.36 bits per heavy atom. The molecular weight excluding hydrogens is 306 g/mol. The van der Waals surface area contributed by atoms with Gasteiger partial charge in [0.2, 0.25) is 17.2 Å². The van der Waals surface area contributed by atoms with Crippen LogP contribution in [0, 0.1) is 0 Å². The normalized spacial score (nSPS) is 10.3. The maximum absolute atomic E-state index is 10.8. The number of halogens is 1. The van der Waals surface area contributed by atoms with E-state index in [1.807, 2.05) is 18.7 Å². The molecule has 1 aromatic carbocycles. The lowest BCUT2D eigenvalue weighted by Gasteiger charge is -2.18. The van der Waals surface area contributed by atoms with Gasteiger partial charge in [-0.05, 0) is 49.7 Å². The van der Waals surface area contributed by atoms with Crippen molar-refractivity contribution in [1.29, 1.82) is 0 Å². The number of aromatic nitrogens is 3. The van der Waals surface area contributed by atoms with Gasteiger partial charge in [-0.1, -0.05) is 0 Å². The molecule has 0 saturated heterocycles. The van der Waals surface area contributed by atoms with Gasteiger partial charge >= 0.3 is 5.97 Å². The molecule has 22 heavy (non-hydrogen) atoms. The smallest absolute Gasteiger partial charge is 0.335 e. The Kier molecular flexibility index (Phi) is 5.11. The van der Waals surface area contributed by atoms with Crippen molar-refractivity contribution in [1.82, 2.24) is 15.0 Å². The van der Waals surface area contributed by atoms with Crippen LogP contribution in [0.1, 0.15) is 24.2 Å². The molecule has 0 radical (unpaired) electrons. The Balaban J connectivity index is 2.23. The van der Waals surface area contributed by atoms with Gasteiger partial charge in [-0.2, -0.15) is 15.0 Å². The summed E-state index contributed by atoms with van der Waals surface area (Å²) in [7, 11) is 0. The van der Waals surface area contributed by atoms with Gasteiger partial charge < -0.3 is 15.3 Å². The van der Waals surface area contributed by atoms with Crippen LogP contribution >= 0.6 is 11.6 Å². The second-order valence-electron chi connectivity index (χ2n) is 4.41. The highest BCUT2D eigenvalue weighted by molar-refractivity contribution is 6.28. The molecule has 0 saturated carbocycles. The van der Waals surface area contributed by atoms with Crippen LogP contribution in [0.2, 0.25) is 5.28 Å². The van der Waals surface area contributed by atoms with Crippen molar-refractivity contribution >= 4 is 35.2 Å². The van der Waals surface area contributed by atoms with Crippen LogP contribution in [0.15, 0.2) is 24.3 Å². The molecule has 8 heteroatoms. The summed E-state index contributed by atoms with van der Waals surface area (Å²) in [6.45, 7) is 5.50. The molecule has 116 valence electrons. The topological polar surface area (TPSA) is 91.2 Å². The van der Waals surface area contributed by atoms with Crippen molar-refractivity contribution in [3.8, 4) is 0 Å². The first-order chi connectivity index (χ1) is 10.5. The Hall–Kier alpha value is -2.41. The van der Waals surface area contributed by atoms with E-state index in [1.165, 1.54) is 12.1 Å². The molecule has 0 aliphatic rings. The molecule has 0 atom stereocenters. The van der Waals surface area contributed by atoms with E-state index in [0.29, 0.717) is 17.6 Å². The first kappa shape index (κ1) is 16.0. The summed E-state index contributed by atoms with van der Waals surface area (Å²) in [5.74, 6) is -0.168. The zero-order valence-electron chi connectivity index (χ0n) is 12.2. The van der Waals surface area contributed by atoms with Gasteiger partial charge in [-0.15, -0.1) is 0 Å². The Morgan fingerprint density at radius 1 is 1.18 bits per heavy atom.